The molecule has 1 saturated carbocycles. The lowest BCUT2D eigenvalue weighted by molar-refractivity contribution is -0.123. The second-order valence-corrected chi connectivity index (χ2v) is 8.32. The molecular weight excluding hydrogens is 384 g/mol. The summed E-state index contributed by atoms with van der Waals surface area (Å²) < 4.78 is 28.1. The molecule has 1 aliphatic carbocycles. The number of nitrogens with one attached hydrogen (secondary N) is 1. The second-order valence-electron chi connectivity index (χ2n) is 8.32. The molecule has 160 valence electrons. The van der Waals surface area contributed by atoms with E-state index in [4.69, 9.17) is 0 Å². The lowest BCUT2D eigenvalue weighted by Gasteiger charge is -2.37. The number of rotatable bonds is 6. The van der Waals surface area contributed by atoms with Crippen LogP contribution < -0.4 is 10.2 Å². The number of likely N-dealkylation sites (N-methyl/N-ethyl adjacent to an activating group) is 1. The van der Waals surface area contributed by atoms with Gasteiger partial charge in [0.05, 0.1) is 6.04 Å². The van der Waals surface area contributed by atoms with Crippen molar-refractivity contribution in [3.63, 3.8) is 0 Å². The summed E-state index contributed by atoms with van der Waals surface area (Å²) in [6.45, 7) is 8.78. The van der Waals surface area contributed by atoms with Gasteiger partial charge in [-0.1, -0.05) is 25.1 Å². The molecule has 30 heavy (non-hydrogen) atoms. The van der Waals surface area contributed by atoms with Gasteiger partial charge in [0.2, 0.25) is 5.91 Å². The van der Waals surface area contributed by atoms with Crippen molar-refractivity contribution in [2.24, 2.45) is 5.92 Å². The van der Waals surface area contributed by atoms with E-state index >= 15 is 0 Å². The SMILES string of the molecule is CCN1CCN(c2ccc(F)cc2C(C)NC(=O)C2CC2c2ccccc2F)CC1. The first-order chi connectivity index (χ1) is 14.5. The van der Waals surface area contributed by atoms with Crippen LogP contribution in [-0.4, -0.2) is 43.5 Å². The average molecular weight is 414 g/mol. The number of benzene rings is 2. The Labute approximate surface area is 176 Å². The normalized spacial score (nSPS) is 22.6. The van der Waals surface area contributed by atoms with Crippen LogP contribution in [0.1, 0.15) is 43.4 Å². The molecule has 1 N–H and O–H groups in total. The second kappa shape index (κ2) is 8.72. The molecule has 3 unspecified atom stereocenters. The monoisotopic (exact) mass is 413 g/mol. The van der Waals surface area contributed by atoms with Crippen molar-refractivity contribution in [2.45, 2.75) is 32.2 Å². The molecule has 1 amide bonds. The predicted molar refractivity (Wildman–Crippen MR) is 115 cm³/mol. The molecule has 1 heterocycles. The van der Waals surface area contributed by atoms with E-state index in [1.165, 1.54) is 18.2 Å². The first-order valence-electron chi connectivity index (χ1n) is 10.8. The molecule has 2 fully saturated rings. The summed E-state index contributed by atoms with van der Waals surface area (Å²) in [5.41, 5.74) is 2.36. The number of carbonyl (C=O) groups is 1. The van der Waals surface area contributed by atoms with E-state index in [9.17, 15) is 13.6 Å². The van der Waals surface area contributed by atoms with Crippen LogP contribution in [0.15, 0.2) is 42.5 Å². The van der Waals surface area contributed by atoms with Gasteiger partial charge in [-0.2, -0.15) is 0 Å². The Bertz CT molecular complexity index is 911. The van der Waals surface area contributed by atoms with Gasteiger partial charge in [-0.15, -0.1) is 0 Å². The summed E-state index contributed by atoms with van der Waals surface area (Å²) in [5.74, 6) is -0.967. The van der Waals surface area contributed by atoms with Gasteiger partial charge in [0.15, 0.2) is 0 Å². The molecule has 0 aromatic heterocycles. The zero-order valence-electron chi connectivity index (χ0n) is 17.6. The zero-order chi connectivity index (χ0) is 21.3. The van der Waals surface area contributed by atoms with E-state index in [1.807, 2.05) is 13.0 Å². The maximum Gasteiger partial charge on any atom is 0.224 e. The highest BCUT2D eigenvalue weighted by Crippen LogP contribution is 2.48. The van der Waals surface area contributed by atoms with E-state index in [0.29, 0.717) is 12.0 Å². The summed E-state index contributed by atoms with van der Waals surface area (Å²) >= 11 is 0. The smallest absolute Gasteiger partial charge is 0.224 e. The molecule has 4 rings (SSSR count). The van der Waals surface area contributed by atoms with Gasteiger partial charge in [0.25, 0.3) is 0 Å². The highest BCUT2D eigenvalue weighted by Gasteiger charge is 2.45. The Morgan fingerprint density at radius 1 is 1.13 bits per heavy atom. The van der Waals surface area contributed by atoms with Crippen molar-refractivity contribution in [3.8, 4) is 0 Å². The first-order valence-corrected chi connectivity index (χ1v) is 10.8. The van der Waals surface area contributed by atoms with Crippen LogP contribution in [0.4, 0.5) is 14.5 Å². The topological polar surface area (TPSA) is 35.6 Å². The molecule has 0 radical (unpaired) electrons. The van der Waals surface area contributed by atoms with E-state index in [0.717, 1.165) is 44.0 Å². The third kappa shape index (κ3) is 4.33. The fourth-order valence-electron chi connectivity index (χ4n) is 4.47. The Hall–Kier alpha value is -2.47. The highest BCUT2D eigenvalue weighted by molar-refractivity contribution is 5.83. The Morgan fingerprint density at radius 2 is 1.87 bits per heavy atom. The maximum atomic E-state index is 14.0. The van der Waals surface area contributed by atoms with Gasteiger partial charge < -0.3 is 15.1 Å². The number of hydrogen-bond donors (Lipinski definition) is 1. The van der Waals surface area contributed by atoms with Crippen molar-refractivity contribution in [2.75, 3.05) is 37.6 Å². The quantitative estimate of drug-likeness (QED) is 0.775. The number of amides is 1. The van der Waals surface area contributed by atoms with E-state index < -0.39 is 0 Å². The molecule has 3 atom stereocenters. The molecule has 4 nitrogen and oxygen atoms in total. The van der Waals surface area contributed by atoms with Crippen molar-refractivity contribution in [1.82, 2.24) is 10.2 Å². The lowest BCUT2D eigenvalue weighted by Crippen LogP contribution is -2.46. The fourth-order valence-corrected chi connectivity index (χ4v) is 4.47. The summed E-state index contributed by atoms with van der Waals surface area (Å²) in [7, 11) is 0. The molecular formula is C24H29F2N3O. The average Bonchev–Trinajstić information content (AvgIpc) is 3.55. The number of anilines is 1. The van der Waals surface area contributed by atoms with Crippen LogP contribution in [0.25, 0.3) is 0 Å². The lowest BCUT2D eigenvalue weighted by atomic mass is 10.0. The van der Waals surface area contributed by atoms with Crippen molar-refractivity contribution >= 4 is 11.6 Å². The zero-order valence-corrected chi connectivity index (χ0v) is 17.6. The number of nitrogens with zero attached hydrogens (tertiary/aromatic N) is 2. The summed E-state index contributed by atoms with van der Waals surface area (Å²) in [5, 5.41) is 3.04. The standard InChI is InChI=1S/C24H29F2N3O/c1-3-28-10-12-29(13-11-28)23-9-8-17(25)14-19(23)16(2)27-24(30)21-15-20(21)18-6-4-5-7-22(18)26/h4-9,14,16,20-21H,3,10-13,15H2,1-2H3,(H,27,30). The van der Waals surface area contributed by atoms with Crippen LogP contribution >= 0.6 is 0 Å². The number of piperazine rings is 1. The summed E-state index contributed by atoms with van der Waals surface area (Å²) in [6.07, 6.45) is 0.647. The van der Waals surface area contributed by atoms with Crippen molar-refractivity contribution < 1.29 is 13.6 Å². The van der Waals surface area contributed by atoms with Gasteiger partial charge in [0, 0.05) is 43.3 Å². The minimum atomic E-state index is -0.325. The Morgan fingerprint density at radius 3 is 2.57 bits per heavy atom. The number of halogens is 2. The number of carbonyl (C=O) groups excluding carboxylic acids is 1. The van der Waals surface area contributed by atoms with Crippen molar-refractivity contribution in [3.05, 3.63) is 65.2 Å². The van der Waals surface area contributed by atoms with Crippen LogP contribution in [0.3, 0.4) is 0 Å². The highest BCUT2D eigenvalue weighted by atomic mass is 19.1. The minimum absolute atomic E-state index is 0.0764. The van der Waals surface area contributed by atoms with E-state index in [1.54, 1.807) is 18.2 Å². The molecule has 1 aliphatic heterocycles. The molecule has 0 bridgehead atoms. The van der Waals surface area contributed by atoms with Crippen LogP contribution in [0.2, 0.25) is 0 Å². The van der Waals surface area contributed by atoms with Gasteiger partial charge in [-0.25, -0.2) is 8.78 Å². The molecule has 1 saturated heterocycles. The van der Waals surface area contributed by atoms with Gasteiger partial charge in [-0.3, -0.25) is 4.79 Å². The third-order valence-corrected chi connectivity index (χ3v) is 6.41. The van der Waals surface area contributed by atoms with E-state index in [2.05, 4.69) is 22.0 Å². The first kappa shape index (κ1) is 20.8. The van der Waals surface area contributed by atoms with Crippen LogP contribution in [0.5, 0.6) is 0 Å². The van der Waals surface area contributed by atoms with Gasteiger partial charge >= 0.3 is 0 Å². The van der Waals surface area contributed by atoms with E-state index in [-0.39, 0.29) is 35.4 Å². The maximum absolute atomic E-state index is 14.0. The number of hydrogen-bond acceptors (Lipinski definition) is 3. The van der Waals surface area contributed by atoms with Gasteiger partial charge in [0.1, 0.15) is 11.6 Å². The van der Waals surface area contributed by atoms with Crippen molar-refractivity contribution in [1.29, 1.82) is 0 Å². The molecule has 2 aliphatic rings. The Kier molecular flexibility index (Phi) is 6.04. The predicted octanol–water partition coefficient (Wildman–Crippen LogP) is 4.09. The molecule has 2 aromatic rings. The largest absolute Gasteiger partial charge is 0.369 e. The molecule has 6 heteroatoms. The van der Waals surface area contributed by atoms with Crippen LogP contribution in [-0.2, 0) is 4.79 Å². The molecule has 0 spiro atoms. The van der Waals surface area contributed by atoms with Crippen LogP contribution in [0, 0.1) is 17.6 Å². The minimum Gasteiger partial charge on any atom is -0.369 e. The summed E-state index contributed by atoms with van der Waals surface area (Å²) in [4.78, 5) is 17.4. The summed E-state index contributed by atoms with van der Waals surface area (Å²) in [6, 6.07) is 11.1. The van der Waals surface area contributed by atoms with Gasteiger partial charge in [-0.05, 0) is 55.6 Å². The fraction of sp³-hybridized carbons (Fsp3) is 0.458. The molecule has 2 aromatic carbocycles. The Balaban J connectivity index is 1.45. The third-order valence-electron chi connectivity index (χ3n) is 6.41.